The van der Waals surface area contributed by atoms with Crippen molar-refractivity contribution in [3.8, 4) is 0 Å². The molecule has 98 valence electrons. The van der Waals surface area contributed by atoms with Gasteiger partial charge in [-0.1, -0.05) is 23.9 Å². The minimum Gasteiger partial charge on any atom is -0.358 e. The molecule has 0 aromatic carbocycles. The van der Waals surface area contributed by atoms with Crippen LogP contribution in [0.15, 0.2) is 30.4 Å². The quantitative estimate of drug-likeness (QED) is 0.449. The first kappa shape index (κ1) is 14.7. The number of thioether (sulfide) groups is 1. The van der Waals surface area contributed by atoms with Crippen LogP contribution >= 0.6 is 24.0 Å². The summed E-state index contributed by atoms with van der Waals surface area (Å²) in [6.45, 7) is 10.1. The number of hydrazone groups is 1. The minimum atomic E-state index is -0.125. The topological polar surface area (TPSA) is 56.7 Å². The second kappa shape index (κ2) is 7.17. The van der Waals surface area contributed by atoms with Crippen LogP contribution < -0.4 is 10.7 Å². The first-order valence-electron chi connectivity index (χ1n) is 5.41. The van der Waals surface area contributed by atoms with Crippen molar-refractivity contribution in [1.29, 1.82) is 0 Å². The molecule has 0 saturated carbocycles. The lowest BCUT2D eigenvalue weighted by Crippen LogP contribution is -2.36. The number of thiocarbonyl (C=S) groups is 1. The molecule has 0 aromatic heterocycles. The maximum atomic E-state index is 11.8. The summed E-state index contributed by atoms with van der Waals surface area (Å²) < 4.78 is 0. The average Bonchev–Trinajstić information content (AvgIpc) is 2.62. The van der Waals surface area contributed by atoms with Crippen molar-refractivity contribution in [3.63, 3.8) is 0 Å². The lowest BCUT2D eigenvalue weighted by Gasteiger charge is -2.13. The van der Waals surface area contributed by atoms with Gasteiger partial charge in [-0.3, -0.25) is 15.1 Å². The molecule has 2 N–H and O–H groups in total. The van der Waals surface area contributed by atoms with Gasteiger partial charge in [-0.15, -0.1) is 18.3 Å². The number of hydrogen-bond acceptors (Lipinski definition) is 4. The van der Waals surface area contributed by atoms with E-state index in [4.69, 9.17) is 12.2 Å². The second-order valence-corrected chi connectivity index (χ2v) is 5.22. The van der Waals surface area contributed by atoms with Crippen LogP contribution in [0.1, 0.15) is 6.92 Å². The molecule has 1 atom stereocenters. The Kier molecular flexibility index (Phi) is 5.87. The van der Waals surface area contributed by atoms with Gasteiger partial charge in [-0.05, 0) is 19.1 Å². The van der Waals surface area contributed by atoms with Gasteiger partial charge in [0.15, 0.2) is 10.3 Å². The molecule has 0 aliphatic carbocycles. The Labute approximate surface area is 116 Å². The monoisotopic (exact) mass is 284 g/mol. The maximum absolute atomic E-state index is 11.8. The van der Waals surface area contributed by atoms with Crippen LogP contribution in [0.3, 0.4) is 0 Å². The zero-order valence-electron chi connectivity index (χ0n) is 10.2. The summed E-state index contributed by atoms with van der Waals surface area (Å²) in [7, 11) is 0. The molecule has 5 nitrogen and oxygen atoms in total. The largest absolute Gasteiger partial charge is 0.358 e. The zero-order chi connectivity index (χ0) is 13.5. The van der Waals surface area contributed by atoms with Gasteiger partial charge in [0.25, 0.3) is 0 Å². The highest BCUT2D eigenvalue weighted by Crippen LogP contribution is 2.26. The fraction of sp³-hybridized carbons (Fsp3) is 0.364. The lowest BCUT2D eigenvalue weighted by atomic mass is 10.4. The van der Waals surface area contributed by atoms with Crippen LogP contribution in [0.5, 0.6) is 0 Å². The molecule has 1 fully saturated rings. The van der Waals surface area contributed by atoms with E-state index >= 15 is 0 Å². The number of rotatable bonds is 5. The van der Waals surface area contributed by atoms with Crippen LogP contribution in [0, 0.1) is 0 Å². The van der Waals surface area contributed by atoms with Crippen molar-refractivity contribution in [2.45, 2.75) is 12.2 Å². The molecule has 1 aliphatic heterocycles. The Morgan fingerprint density at radius 1 is 1.61 bits per heavy atom. The van der Waals surface area contributed by atoms with E-state index in [0.717, 1.165) is 0 Å². The predicted molar refractivity (Wildman–Crippen MR) is 80.3 cm³/mol. The van der Waals surface area contributed by atoms with Crippen molar-refractivity contribution in [3.05, 3.63) is 25.3 Å². The average molecular weight is 284 g/mol. The van der Waals surface area contributed by atoms with Gasteiger partial charge in [0.1, 0.15) is 0 Å². The van der Waals surface area contributed by atoms with Crippen LogP contribution in [-0.2, 0) is 4.79 Å². The molecular formula is C11H16N4OS2. The summed E-state index contributed by atoms with van der Waals surface area (Å²) in [6, 6.07) is 0. The number of carbonyl (C=O) groups excluding carboxylic acids is 1. The third kappa shape index (κ3) is 3.85. The molecule has 0 radical (unpaired) electrons. The molecule has 0 aromatic rings. The zero-order valence-corrected chi connectivity index (χ0v) is 11.8. The van der Waals surface area contributed by atoms with E-state index in [1.54, 1.807) is 17.1 Å². The molecule has 18 heavy (non-hydrogen) atoms. The summed E-state index contributed by atoms with van der Waals surface area (Å²) in [5, 5.41) is 7.89. The Balaban J connectivity index is 2.62. The Hall–Kier alpha value is -1.34. The molecule has 1 heterocycles. The van der Waals surface area contributed by atoms with E-state index in [9.17, 15) is 4.79 Å². The summed E-state index contributed by atoms with van der Waals surface area (Å²) >= 11 is 6.40. The van der Waals surface area contributed by atoms with Crippen molar-refractivity contribution in [1.82, 2.24) is 15.6 Å². The van der Waals surface area contributed by atoms with Crippen LogP contribution in [0.4, 0.5) is 0 Å². The van der Waals surface area contributed by atoms with Gasteiger partial charge < -0.3 is 5.32 Å². The highest BCUT2D eigenvalue weighted by atomic mass is 32.2. The van der Waals surface area contributed by atoms with E-state index in [2.05, 4.69) is 29.0 Å². The molecule has 0 spiro atoms. The molecule has 1 amide bonds. The summed E-state index contributed by atoms with van der Waals surface area (Å²) in [5.41, 5.74) is 2.70. The number of carbonyl (C=O) groups is 1. The normalized spacial score (nSPS) is 20.9. The van der Waals surface area contributed by atoms with Crippen LogP contribution in [0.25, 0.3) is 0 Å². The van der Waals surface area contributed by atoms with Crippen molar-refractivity contribution >= 4 is 40.2 Å². The highest BCUT2D eigenvalue weighted by Gasteiger charge is 2.34. The molecule has 7 heteroatoms. The highest BCUT2D eigenvalue weighted by molar-refractivity contribution is 8.15. The van der Waals surface area contributed by atoms with Gasteiger partial charge >= 0.3 is 0 Å². The SMILES string of the molecule is C=CCNC(=S)NN=C1SC(C)C(=O)N1CC=C. The van der Waals surface area contributed by atoms with Gasteiger partial charge in [-0.2, -0.15) is 0 Å². The third-order valence-corrected chi connectivity index (χ3v) is 3.41. The smallest absolute Gasteiger partial charge is 0.242 e. The number of nitrogens with one attached hydrogen (secondary N) is 2. The Morgan fingerprint density at radius 2 is 2.33 bits per heavy atom. The molecule has 1 saturated heterocycles. The molecular weight excluding hydrogens is 268 g/mol. The van der Waals surface area contributed by atoms with Crippen molar-refractivity contribution < 1.29 is 4.79 Å². The summed E-state index contributed by atoms with van der Waals surface area (Å²) in [5.74, 6) is 0.0328. The molecule has 1 aliphatic rings. The number of nitrogens with zero attached hydrogens (tertiary/aromatic N) is 2. The van der Waals surface area contributed by atoms with Crippen molar-refractivity contribution in [2.75, 3.05) is 13.1 Å². The standard InChI is InChI=1S/C11H16N4OS2/c1-4-6-12-10(17)13-14-11-15(7-5-2)9(16)8(3)18-11/h4-5,8H,1-2,6-7H2,3H3,(H2,12,13,17). The first-order valence-corrected chi connectivity index (χ1v) is 6.70. The van der Waals surface area contributed by atoms with E-state index in [1.165, 1.54) is 11.8 Å². The fourth-order valence-electron chi connectivity index (χ4n) is 1.27. The Bertz CT molecular complexity index is 395. The molecule has 1 unspecified atom stereocenters. The second-order valence-electron chi connectivity index (χ2n) is 3.50. The van der Waals surface area contributed by atoms with E-state index < -0.39 is 0 Å². The van der Waals surface area contributed by atoms with Crippen LogP contribution in [0.2, 0.25) is 0 Å². The number of hydrogen-bond donors (Lipinski definition) is 2. The van der Waals surface area contributed by atoms with Crippen LogP contribution in [-0.4, -0.2) is 39.4 Å². The first-order chi connectivity index (χ1) is 8.60. The van der Waals surface area contributed by atoms with Crippen molar-refractivity contribution in [2.24, 2.45) is 5.10 Å². The summed E-state index contributed by atoms with van der Waals surface area (Å²) in [4.78, 5) is 13.4. The van der Waals surface area contributed by atoms with Gasteiger partial charge in [0.2, 0.25) is 5.91 Å². The molecule has 1 rings (SSSR count). The van der Waals surface area contributed by atoms with E-state index in [0.29, 0.717) is 23.4 Å². The van der Waals surface area contributed by atoms with Gasteiger partial charge in [0, 0.05) is 13.1 Å². The van der Waals surface area contributed by atoms with Gasteiger partial charge in [-0.25, -0.2) is 0 Å². The van der Waals surface area contributed by atoms with E-state index in [1.807, 2.05) is 6.92 Å². The third-order valence-electron chi connectivity index (χ3n) is 2.10. The molecule has 0 bridgehead atoms. The maximum Gasteiger partial charge on any atom is 0.242 e. The lowest BCUT2D eigenvalue weighted by molar-refractivity contribution is -0.125. The van der Waals surface area contributed by atoms with Gasteiger partial charge in [0.05, 0.1) is 5.25 Å². The number of amidine groups is 1. The summed E-state index contributed by atoms with van der Waals surface area (Å²) in [6.07, 6.45) is 3.36. The Morgan fingerprint density at radius 3 is 2.94 bits per heavy atom. The predicted octanol–water partition coefficient (Wildman–Crippen LogP) is 1.06. The number of amides is 1. The fourth-order valence-corrected chi connectivity index (χ4v) is 2.34. The minimum absolute atomic E-state index is 0.0328. The van der Waals surface area contributed by atoms with E-state index in [-0.39, 0.29) is 11.2 Å².